The molecule has 0 saturated heterocycles. The third-order valence-corrected chi connectivity index (χ3v) is 4.92. The van der Waals surface area contributed by atoms with Gasteiger partial charge in [-0.1, -0.05) is 13.8 Å². The standard InChI is InChI=1S/C15H19N3S/c1-9-4-5-10(8-17-9)14-18-12-7-15(2,3)6-11(16)13(12)19-14/h4-5,8,11H,6-7,16H2,1-3H3. The first-order valence-electron chi connectivity index (χ1n) is 6.63. The molecule has 19 heavy (non-hydrogen) atoms. The fraction of sp³-hybridized carbons (Fsp3) is 0.467. The lowest BCUT2D eigenvalue weighted by atomic mass is 9.77. The summed E-state index contributed by atoms with van der Waals surface area (Å²) >= 11 is 1.73. The molecule has 0 aromatic carbocycles. The summed E-state index contributed by atoms with van der Waals surface area (Å²) in [5, 5.41) is 1.05. The van der Waals surface area contributed by atoms with Crippen LogP contribution in [0.4, 0.5) is 0 Å². The highest BCUT2D eigenvalue weighted by molar-refractivity contribution is 7.15. The zero-order valence-electron chi connectivity index (χ0n) is 11.6. The molecule has 0 bridgehead atoms. The van der Waals surface area contributed by atoms with Crippen molar-refractivity contribution in [3.63, 3.8) is 0 Å². The zero-order chi connectivity index (χ0) is 13.6. The molecule has 3 nitrogen and oxygen atoms in total. The van der Waals surface area contributed by atoms with E-state index in [0.29, 0.717) is 0 Å². The molecule has 0 aliphatic heterocycles. The molecule has 0 spiro atoms. The lowest BCUT2D eigenvalue weighted by molar-refractivity contribution is 0.282. The second kappa shape index (κ2) is 4.39. The molecule has 2 heterocycles. The van der Waals surface area contributed by atoms with Crippen LogP contribution >= 0.6 is 11.3 Å². The normalized spacial score (nSPS) is 21.2. The molecule has 2 N–H and O–H groups in total. The van der Waals surface area contributed by atoms with Crippen molar-refractivity contribution in [2.45, 2.75) is 39.7 Å². The van der Waals surface area contributed by atoms with Gasteiger partial charge in [-0.15, -0.1) is 11.3 Å². The number of fused-ring (bicyclic) bond motifs is 1. The smallest absolute Gasteiger partial charge is 0.125 e. The van der Waals surface area contributed by atoms with Crippen LogP contribution in [0.5, 0.6) is 0 Å². The summed E-state index contributed by atoms with van der Waals surface area (Å²) in [7, 11) is 0. The van der Waals surface area contributed by atoms with E-state index in [1.54, 1.807) is 11.3 Å². The second-order valence-corrected chi connectivity index (χ2v) is 7.20. The van der Waals surface area contributed by atoms with Crippen molar-refractivity contribution in [1.82, 2.24) is 9.97 Å². The molecule has 1 aliphatic rings. The highest BCUT2D eigenvalue weighted by Gasteiger charge is 2.33. The van der Waals surface area contributed by atoms with Crippen molar-refractivity contribution in [2.24, 2.45) is 11.1 Å². The third kappa shape index (κ3) is 2.42. The van der Waals surface area contributed by atoms with Gasteiger partial charge in [-0.25, -0.2) is 4.98 Å². The van der Waals surface area contributed by atoms with Crippen molar-refractivity contribution >= 4 is 11.3 Å². The van der Waals surface area contributed by atoms with E-state index in [4.69, 9.17) is 10.7 Å². The fourth-order valence-corrected chi connectivity index (χ4v) is 3.78. The number of rotatable bonds is 1. The lowest BCUT2D eigenvalue weighted by Gasteiger charge is -2.32. The molecule has 2 aromatic rings. The number of hydrogen-bond donors (Lipinski definition) is 1. The molecule has 1 unspecified atom stereocenters. The van der Waals surface area contributed by atoms with E-state index in [1.807, 2.05) is 19.2 Å². The first-order valence-corrected chi connectivity index (χ1v) is 7.44. The molecule has 0 saturated carbocycles. The molecule has 100 valence electrons. The van der Waals surface area contributed by atoms with E-state index < -0.39 is 0 Å². The van der Waals surface area contributed by atoms with E-state index >= 15 is 0 Å². The summed E-state index contributed by atoms with van der Waals surface area (Å²) in [6, 6.07) is 4.24. The number of pyridine rings is 1. The van der Waals surface area contributed by atoms with Gasteiger partial charge in [0.1, 0.15) is 5.01 Å². The number of thiazole rings is 1. The van der Waals surface area contributed by atoms with Gasteiger partial charge in [0.05, 0.1) is 5.69 Å². The molecule has 0 radical (unpaired) electrons. The van der Waals surface area contributed by atoms with E-state index in [2.05, 4.69) is 24.9 Å². The molecule has 1 atom stereocenters. The van der Waals surface area contributed by atoms with Crippen LogP contribution < -0.4 is 5.73 Å². The summed E-state index contributed by atoms with van der Waals surface area (Å²) in [6.45, 7) is 6.53. The summed E-state index contributed by atoms with van der Waals surface area (Å²) in [5.41, 5.74) is 9.85. The third-order valence-electron chi connectivity index (χ3n) is 3.64. The van der Waals surface area contributed by atoms with Crippen LogP contribution in [0, 0.1) is 12.3 Å². The Morgan fingerprint density at radius 1 is 1.37 bits per heavy atom. The summed E-state index contributed by atoms with van der Waals surface area (Å²) in [5.74, 6) is 0. The Balaban J connectivity index is 2.01. The highest BCUT2D eigenvalue weighted by Crippen LogP contribution is 2.43. The minimum Gasteiger partial charge on any atom is -0.323 e. The van der Waals surface area contributed by atoms with Crippen molar-refractivity contribution in [3.05, 3.63) is 34.6 Å². The summed E-state index contributed by atoms with van der Waals surface area (Å²) < 4.78 is 0. The topological polar surface area (TPSA) is 51.8 Å². The van der Waals surface area contributed by atoms with Crippen LogP contribution in [0.1, 0.15) is 42.6 Å². The van der Waals surface area contributed by atoms with Crippen LogP contribution in [0.3, 0.4) is 0 Å². The minimum absolute atomic E-state index is 0.128. The Bertz CT molecular complexity index is 598. The van der Waals surface area contributed by atoms with Crippen LogP contribution in [0.15, 0.2) is 18.3 Å². The molecule has 2 aromatic heterocycles. The molecule has 4 heteroatoms. The Kier molecular flexibility index (Phi) is 2.95. The number of nitrogens with zero attached hydrogens (tertiary/aromatic N) is 2. The zero-order valence-corrected chi connectivity index (χ0v) is 12.4. The number of aromatic nitrogens is 2. The van der Waals surface area contributed by atoms with E-state index in [-0.39, 0.29) is 11.5 Å². The Hall–Kier alpha value is -1.26. The van der Waals surface area contributed by atoms with Gasteiger partial charge in [0.2, 0.25) is 0 Å². The van der Waals surface area contributed by atoms with Crippen molar-refractivity contribution in [2.75, 3.05) is 0 Å². The predicted molar refractivity (Wildman–Crippen MR) is 79.1 cm³/mol. The second-order valence-electron chi connectivity index (χ2n) is 6.17. The largest absolute Gasteiger partial charge is 0.323 e. The van der Waals surface area contributed by atoms with Gasteiger partial charge >= 0.3 is 0 Å². The maximum absolute atomic E-state index is 6.29. The van der Waals surface area contributed by atoms with Crippen LogP contribution in [-0.2, 0) is 6.42 Å². The first kappa shape index (κ1) is 12.8. The van der Waals surface area contributed by atoms with E-state index in [0.717, 1.165) is 29.1 Å². The Morgan fingerprint density at radius 2 is 2.16 bits per heavy atom. The van der Waals surface area contributed by atoms with Gasteiger partial charge in [0, 0.05) is 28.4 Å². The van der Waals surface area contributed by atoms with Gasteiger partial charge in [0.15, 0.2) is 0 Å². The molecule has 3 rings (SSSR count). The van der Waals surface area contributed by atoms with Crippen molar-refractivity contribution in [1.29, 1.82) is 0 Å². The van der Waals surface area contributed by atoms with E-state index in [9.17, 15) is 0 Å². The van der Waals surface area contributed by atoms with Gasteiger partial charge in [-0.2, -0.15) is 0 Å². The summed E-state index contributed by atoms with van der Waals surface area (Å²) in [6.07, 6.45) is 3.95. The Morgan fingerprint density at radius 3 is 2.84 bits per heavy atom. The molecular formula is C15H19N3S. The number of aryl methyl sites for hydroxylation is 1. The average molecular weight is 273 g/mol. The molecule has 0 fully saturated rings. The predicted octanol–water partition coefficient (Wildman–Crippen LogP) is 3.49. The van der Waals surface area contributed by atoms with Gasteiger partial charge < -0.3 is 5.73 Å². The van der Waals surface area contributed by atoms with Gasteiger partial charge in [-0.3, -0.25) is 4.98 Å². The monoisotopic (exact) mass is 273 g/mol. The number of hydrogen-bond acceptors (Lipinski definition) is 4. The van der Waals surface area contributed by atoms with Gasteiger partial charge in [0.25, 0.3) is 0 Å². The highest BCUT2D eigenvalue weighted by atomic mass is 32.1. The average Bonchev–Trinajstić information content (AvgIpc) is 2.72. The quantitative estimate of drug-likeness (QED) is 0.865. The van der Waals surface area contributed by atoms with E-state index in [1.165, 1.54) is 10.6 Å². The lowest BCUT2D eigenvalue weighted by Crippen LogP contribution is -2.28. The van der Waals surface area contributed by atoms with Crippen molar-refractivity contribution < 1.29 is 0 Å². The Labute approximate surface area is 117 Å². The molecule has 1 aliphatic carbocycles. The maximum Gasteiger partial charge on any atom is 0.125 e. The first-order chi connectivity index (χ1) is 8.94. The molecular weight excluding hydrogens is 254 g/mol. The van der Waals surface area contributed by atoms with Crippen LogP contribution in [-0.4, -0.2) is 9.97 Å². The minimum atomic E-state index is 0.128. The SMILES string of the molecule is Cc1ccc(-c2nc3c(s2)C(N)CC(C)(C)C3)cn1. The van der Waals surface area contributed by atoms with Gasteiger partial charge in [-0.05, 0) is 37.3 Å². The van der Waals surface area contributed by atoms with Crippen LogP contribution in [0.2, 0.25) is 0 Å². The molecule has 0 amide bonds. The maximum atomic E-state index is 6.29. The van der Waals surface area contributed by atoms with Crippen LogP contribution in [0.25, 0.3) is 10.6 Å². The number of nitrogens with two attached hydrogens (primary N) is 1. The van der Waals surface area contributed by atoms with Crippen molar-refractivity contribution in [3.8, 4) is 10.6 Å². The fourth-order valence-electron chi connectivity index (χ4n) is 2.71. The summed E-state index contributed by atoms with van der Waals surface area (Å²) in [4.78, 5) is 10.4.